The number of rotatable bonds is 0. The Morgan fingerprint density at radius 3 is 3.00 bits per heavy atom. The lowest BCUT2D eigenvalue weighted by Crippen LogP contribution is -1.95. The normalized spacial score (nSPS) is 15.1. The first-order chi connectivity index (χ1) is 8.48. The molecule has 15 heavy (non-hydrogen) atoms. The van der Waals surface area contributed by atoms with Crippen LogP contribution >= 0.6 is 0 Å². The molecule has 0 aliphatic heterocycles. The second-order valence-electron chi connectivity index (χ2n) is 3.16. The Balaban J connectivity index is 2.49. The largest absolute Gasteiger partial charge is 0.369 e. The lowest BCUT2D eigenvalue weighted by molar-refractivity contribution is 0.965. The predicted molar refractivity (Wildman–Crippen MR) is 58.2 cm³/mol. The quantitative estimate of drug-likeness (QED) is 0.592. The van der Waals surface area contributed by atoms with Gasteiger partial charge in [-0.05, 0) is 12.1 Å². The molecule has 0 aliphatic rings. The third-order valence-corrected chi connectivity index (χ3v) is 2.29. The molecule has 0 saturated heterocycles. The molecule has 0 spiro atoms. The maximum absolute atomic E-state index is 7.46. The fourth-order valence-electron chi connectivity index (χ4n) is 1.59. The van der Waals surface area contributed by atoms with Crippen LogP contribution in [0.2, 0.25) is 0 Å². The number of aromatic nitrogens is 4. The summed E-state index contributed by atoms with van der Waals surface area (Å²) < 4.78 is 23.4. The Hall–Kier alpha value is -2.17. The van der Waals surface area contributed by atoms with Gasteiger partial charge in [0, 0.05) is 23.5 Å². The summed E-state index contributed by atoms with van der Waals surface area (Å²) in [6.07, 6.45) is 3.10. The van der Waals surface area contributed by atoms with Crippen LogP contribution in [0.1, 0.15) is 4.11 Å². The minimum atomic E-state index is -2.37. The molecule has 0 radical (unpaired) electrons. The molecule has 0 amide bonds. The number of nitrogens with two attached hydrogens (primary N) is 1. The number of hydrogen-bond acceptors (Lipinski definition) is 4. The highest BCUT2D eigenvalue weighted by molar-refractivity contribution is 6.00. The van der Waals surface area contributed by atoms with Crippen molar-refractivity contribution < 1.29 is 4.11 Å². The molecule has 0 aliphatic carbocycles. The van der Waals surface area contributed by atoms with Gasteiger partial charge >= 0.3 is 0 Å². The molecule has 0 bridgehead atoms. The molecule has 0 atom stereocenters. The lowest BCUT2D eigenvalue weighted by Gasteiger charge is -1.97. The maximum Gasteiger partial charge on any atom is 0.201 e. The van der Waals surface area contributed by atoms with Gasteiger partial charge in [-0.25, -0.2) is 4.98 Å². The van der Waals surface area contributed by atoms with Crippen LogP contribution in [-0.4, -0.2) is 19.5 Å². The van der Waals surface area contributed by atoms with Gasteiger partial charge in [0.05, 0.1) is 11.0 Å². The van der Waals surface area contributed by atoms with Crippen LogP contribution < -0.4 is 5.73 Å². The van der Waals surface area contributed by atoms with Gasteiger partial charge in [-0.1, -0.05) is 0 Å². The molecule has 3 aromatic rings. The van der Waals surface area contributed by atoms with Crippen molar-refractivity contribution >= 4 is 28.0 Å². The van der Waals surface area contributed by atoms with E-state index in [9.17, 15) is 0 Å². The van der Waals surface area contributed by atoms with E-state index in [1.165, 1.54) is 6.20 Å². The van der Waals surface area contributed by atoms with Gasteiger partial charge < -0.3 is 10.3 Å². The SMILES string of the molecule is [2H]C([2H])([2H])n1c(N)nc2c3nccnc3ccc21. The average Bonchev–Trinajstić information content (AvgIpc) is 2.65. The number of aryl methyl sites for hydroxylation is 1. The second-order valence-corrected chi connectivity index (χ2v) is 3.16. The summed E-state index contributed by atoms with van der Waals surface area (Å²) in [4.78, 5) is 12.4. The van der Waals surface area contributed by atoms with Gasteiger partial charge in [0.2, 0.25) is 5.95 Å². The first-order valence-corrected chi connectivity index (χ1v) is 4.36. The van der Waals surface area contributed by atoms with E-state index in [1.807, 2.05) is 0 Å². The highest BCUT2D eigenvalue weighted by Gasteiger charge is 2.09. The molecule has 74 valence electrons. The van der Waals surface area contributed by atoms with Crippen LogP contribution in [-0.2, 0) is 6.98 Å². The first-order valence-electron chi connectivity index (χ1n) is 5.86. The molecule has 0 fully saturated rings. The maximum atomic E-state index is 7.46. The summed E-state index contributed by atoms with van der Waals surface area (Å²) in [5.74, 6) is -0.0526. The van der Waals surface area contributed by atoms with Gasteiger partial charge in [0.1, 0.15) is 11.0 Å². The minimum Gasteiger partial charge on any atom is -0.369 e. The number of nitrogens with zero attached hydrogens (tertiary/aromatic N) is 4. The van der Waals surface area contributed by atoms with E-state index in [-0.39, 0.29) is 5.95 Å². The van der Waals surface area contributed by atoms with Gasteiger partial charge in [-0.15, -0.1) is 0 Å². The summed E-state index contributed by atoms with van der Waals surface area (Å²) in [7, 11) is 0. The van der Waals surface area contributed by atoms with Crippen molar-refractivity contribution in [3.63, 3.8) is 0 Å². The van der Waals surface area contributed by atoms with Crippen LogP contribution in [0.25, 0.3) is 22.1 Å². The third kappa shape index (κ3) is 0.999. The van der Waals surface area contributed by atoms with Gasteiger partial charge in [-0.3, -0.25) is 9.97 Å². The summed E-state index contributed by atoms with van der Waals surface area (Å²) in [5, 5.41) is 0. The number of fused-ring (bicyclic) bond motifs is 3. The van der Waals surface area contributed by atoms with Gasteiger partial charge in [0.15, 0.2) is 0 Å². The van der Waals surface area contributed by atoms with Crippen LogP contribution in [0.15, 0.2) is 24.5 Å². The van der Waals surface area contributed by atoms with E-state index in [2.05, 4.69) is 15.0 Å². The predicted octanol–water partition coefficient (Wildman–Crippen LogP) is 1.10. The second kappa shape index (κ2) is 2.66. The van der Waals surface area contributed by atoms with E-state index in [0.29, 0.717) is 22.1 Å². The molecule has 2 aromatic heterocycles. The van der Waals surface area contributed by atoms with Crippen molar-refractivity contribution in [3.05, 3.63) is 24.5 Å². The van der Waals surface area contributed by atoms with Crippen LogP contribution in [0, 0.1) is 0 Å². The van der Waals surface area contributed by atoms with E-state index >= 15 is 0 Å². The molecule has 5 heteroatoms. The Morgan fingerprint density at radius 1 is 1.27 bits per heavy atom. The number of imidazole rings is 1. The van der Waals surface area contributed by atoms with Crippen LogP contribution in [0.4, 0.5) is 5.95 Å². The Kier molecular flexibility index (Phi) is 1.00. The number of nitrogen functional groups attached to an aromatic ring is 1. The smallest absolute Gasteiger partial charge is 0.201 e. The first kappa shape index (κ1) is 5.65. The van der Waals surface area contributed by atoms with Crippen molar-refractivity contribution in [2.24, 2.45) is 6.98 Å². The summed E-state index contributed by atoms with van der Waals surface area (Å²) in [6, 6.07) is 3.34. The van der Waals surface area contributed by atoms with Crippen LogP contribution in [0.5, 0.6) is 0 Å². The standard InChI is InChI=1S/C10H9N5/c1-15-7-3-2-6-8(13-5-4-12-6)9(7)14-10(15)11/h2-5H,1H3,(H2,11,14)/i1D3. The Labute approximate surface area is 89.8 Å². The molecule has 2 N–H and O–H groups in total. The Bertz CT molecular complexity index is 746. The number of benzene rings is 1. The zero-order valence-corrected chi connectivity index (χ0v) is 7.68. The molecule has 5 nitrogen and oxygen atoms in total. The van der Waals surface area contributed by atoms with Crippen molar-refractivity contribution in [3.8, 4) is 0 Å². The number of anilines is 1. The van der Waals surface area contributed by atoms with E-state index in [4.69, 9.17) is 9.85 Å². The molecular weight excluding hydrogens is 190 g/mol. The lowest BCUT2D eigenvalue weighted by atomic mass is 10.2. The third-order valence-electron chi connectivity index (χ3n) is 2.29. The highest BCUT2D eigenvalue weighted by atomic mass is 15.1. The van der Waals surface area contributed by atoms with Crippen molar-refractivity contribution in [1.82, 2.24) is 19.5 Å². The van der Waals surface area contributed by atoms with E-state index in [1.54, 1.807) is 18.3 Å². The highest BCUT2D eigenvalue weighted by Crippen LogP contribution is 2.22. The van der Waals surface area contributed by atoms with Gasteiger partial charge in [-0.2, -0.15) is 0 Å². The molecule has 0 saturated carbocycles. The van der Waals surface area contributed by atoms with Crippen molar-refractivity contribution in [2.45, 2.75) is 0 Å². The molecule has 0 unspecified atom stereocenters. The molecule has 1 aromatic carbocycles. The Morgan fingerprint density at radius 2 is 2.13 bits per heavy atom. The summed E-state index contributed by atoms with van der Waals surface area (Å²) >= 11 is 0. The van der Waals surface area contributed by atoms with E-state index < -0.39 is 6.98 Å². The number of hydrogen-bond donors (Lipinski definition) is 1. The fraction of sp³-hybridized carbons (Fsp3) is 0.100. The fourth-order valence-corrected chi connectivity index (χ4v) is 1.59. The molecule has 2 heterocycles. The zero-order chi connectivity index (χ0) is 12.9. The molecular formula is C10H9N5. The van der Waals surface area contributed by atoms with Crippen LogP contribution in [0.3, 0.4) is 0 Å². The average molecular weight is 202 g/mol. The monoisotopic (exact) mass is 202 g/mol. The van der Waals surface area contributed by atoms with E-state index in [0.717, 1.165) is 4.57 Å². The van der Waals surface area contributed by atoms with Crippen molar-refractivity contribution in [1.29, 1.82) is 0 Å². The summed E-state index contributed by atoms with van der Waals surface area (Å²) in [6.45, 7) is -2.37. The topological polar surface area (TPSA) is 69.6 Å². The zero-order valence-electron chi connectivity index (χ0n) is 10.7. The minimum absolute atomic E-state index is 0.0526. The van der Waals surface area contributed by atoms with Crippen molar-refractivity contribution in [2.75, 3.05) is 5.73 Å². The van der Waals surface area contributed by atoms with Gasteiger partial charge in [0.25, 0.3) is 0 Å². The molecule has 3 rings (SSSR count). The summed E-state index contributed by atoms with van der Waals surface area (Å²) in [5.41, 5.74) is 7.76.